The van der Waals surface area contributed by atoms with Crippen molar-refractivity contribution >= 4 is 5.78 Å². The zero-order valence-electron chi connectivity index (χ0n) is 12.3. The summed E-state index contributed by atoms with van der Waals surface area (Å²) < 4.78 is 0. The lowest BCUT2D eigenvalue weighted by Crippen LogP contribution is -2.38. The van der Waals surface area contributed by atoms with Gasteiger partial charge < -0.3 is 10.2 Å². The quantitative estimate of drug-likeness (QED) is 0.924. The Balaban J connectivity index is 1.56. The van der Waals surface area contributed by atoms with Crippen LogP contribution in [0.3, 0.4) is 0 Å². The predicted octanol–water partition coefficient (Wildman–Crippen LogP) is 2.49. The number of Topliss-reactive ketones (excluding diaryl/α,β-unsaturated/α-hetero) is 1. The number of allylic oxidation sites excluding steroid dienone is 1. The largest absolute Gasteiger partial charge is 0.363 e. The van der Waals surface area contributed by atoms with Gasteiger partial charge in [0, 0.05) is 36.7 Å². The number of hydrogen-bond acceptors (Lipinski definition) is 3. The molecule has 21 heavy (non-hydrogen) atoms. The number of rotatable bonds is 3. The highest BCUT2D eigenvalue weighted by atomic mass is 16.1. The van der Waals surface area contributed by atoms with E-state index in [9.17, 15) is 4.79 Å². The number of hydrogen-bond donors (Lipinski definition) is 1. The van der Waals surface area contributed by atoms with E-state index in [1.165, 1.54) is 30.5 Å². The third-order valence-corrected chi connectivity index (χ3v) is 5.17. The Labute approximate surface area is 126 Å². The van der Waals surface area contributed by atoms with Gasteiger partial charge in [-0.25, -0.2) is 0 Å². The van der Waals surface area contributed by atoms with Crippen molar-refractivity contribution < 1.29 is 4.79 Å². The standard InChI is InChI=1S/C18H22N2O/c21-15-7-9-18(16-10-14-6-8-17(16)19-14)20(12-15)11-13-4-2-1-3-5-13/h1-5,9,14,16-17,19H,6-8,10-12H2/t14?,16-,17?/m0/s1. The highest BCUT2D eigenvalue weighted by Crippen LogP contribution is 2.40. The van der Waals surface area contributed by atoms with Crippen LogP contribution in [0.2, 0.25) is 0 Å². The second kappa shape index (κ2) is 5.30. The van der Waals surface area contributed by atoms with Crippen LogP contribution in [0.25, 0.3) is 0 Å². The van der Waals surface area contributed by atoms with Crippen molar-refractivity contribution in [3.8, 4) is 0 Å². The van der Waals surface area contributed by atoms with Crippen LogP contribution >= 0.6 is 0 Å². The molecule has 0 radical (unpaired) electrons. The van der Waals surface area contributed by atoms with Crippen LogP contribution in [0.4, 0.5) is 0 Å². The van der Waals surface area contributed by atoms with Crippen LogP contribution in [0, 0.1) is 5.92 Å². The van der Waals surface area contributed by atoms with Gasteiger partial charge in [-0.05, 0) is 24.8 Å². The molecule has 0 amide bonds. The molecule has 1 aromatic rings. The first-order chi connectivity index (χ1) is 10.3. The van der Waals surface area contributed by atoms with Gasteiger partial charge in [-0.2, -0.15) is 0 Å². The van der Waals surface area contributed by atoms with Crippen LogP contribution < -0.4 is 5.32 Å². The number of benzene rings is 1. The highest BCUT2D eigenvalue weighted by Gasteiger charge is 2.42. The van der Waals surface area contributed by atoms with E-state index in [1.54, 1.807) is 0 Å². The average molecular weight is 282 g/mol. The maximum absolute atomic E-state index is 11.9. The van der Waals surface area contributed by atoms with Gasteiger partial charge in [-0.1, -0.05) is 36.4 Å². The average Bonchev–Trinajstić information content (AvgIpc) is 3.11. The van der Waals surface area contributed by atoms with E-state index in [1.807, 2.05) is 6.07 Å². The number of nitrogens with zero attached hydrogens (tertiary/aromatic N) is 1. The topological polar surface area (TPSA) is 32.3 Å². The first kappa shape index (κ1) is 13.1. The van der Waals surface area contributed by atoms with Crippen molar-refractivity contribution in [1.82, 2.24) is 10.2 Å². The molecule has 110 valence electrons. The molecule has 0 aromatic heterocycles. The van der Waals surface area contributed by atoms with Gasteiger partial charge in [-0.3, -0.25) is 4.79 Å². The van der Waals surface area contributed by atoms with Crippen LogP contribution in [0.1, 0.15) is 31.2 Å². The number of carbonyl (C=O) groups is 1. The molecule has 0 aliphatic carbocycles. The third-order valence-electron chi connectivity index (χ3n) is 5.17. The lowest BCUT2D eigenvalue weighted by atomic mass is 9.84. The van der Waals surface area contributed by atoms with Gasteiger partial charge >= 0.3 is 0 Å². The van der Waals surface area contributed by atoms with Gasteiger partial charge in [0.05, 0.1) is 6.54 Å². The number of carbonyl (C=O) groups excluding carboxylic acids is 1. The van der Waals surface area contributed by atoms with Crippen molar-refractivity contribution in [2.24, 2.45) is 5.92 Å². The SMILES string of the molecule is O=C1CC=C([C@H]2CC3CCC2N3)N(Cc2ccccc2)C1. The molecule has 0 saturated carbocycles. The van der Waals surface area contributed by atoms with E-state index in [0.29, 0.717) is 36.8 Å². The Hall–Kier alpha value is -1.61. The molecule has 1 N–H and O–H groups in total. The smallest absolute Gasteiger partial charge is 0.155 e. The monoisotopic (exact) mass is 282 g/mol. The second-order valence-corrected chi connectivity index (χ2v) is 6.60. The maximum Gasteiger partial charge on any atom is 0.155 e. The minimum atomic E-state index is 0.339. The van der Waals surface area contributed by atoms with Gasteiger partial charge in [0.15, 0.2) is 5.78 Å². The summed E-state index contributed by atoms with van der Waals surface area (Å²) in [5, 5.41) is 3.72. The van der Waals surface area contributed by atoms with Gasteiger partial charge in [0.25, 0.3) is 0 Å². The van der Waals surface area contributed by atoms with Crippen LogP contribution in [0.15, 0.2) is 42.1 Å². The Kier molecular flexibility index (Phi) is 3.30. The van der Waals surface area contributed by atoms with E-state index in [2.05, 4.69) is 40.6 Å². The summed E-state index contributed by atoms with van der Waals surface area (Å²) in [5.74, 6) is 0.950. The van der Waals surface area contributed by atoms with E-state index >= 15 is 0 Å². The lowest BCUT2D eigenvalue weighted by molar-refractivity contribution is -0.119. The van der Waals surface area contributed by atoms with Gasteiger partial charge in [0.2, 0.25) is 0 Å². The van der Waals surface area contributed by atoms with Crippen LogP contribution in [-0.4, -0.2) is 29.3 Å². The fraction of sp³-hybridized carbons (Fsp3) is 0.500. The molecule has 2 unspecified atom stereocenters. The molecular weight excluding hydrogens is 260 g/mol. The molecule has 3 heteroatoms. The fourth-order valence-corrected chi connectivity index (χ4v) is 4.20. The van der Waals surface area contributed by atoms with Crippen molar-refractivity contribution in [3.05, 3.63) is 47.7 Å². The Morgan fingerprint density at radius 2 is 2.05 bits per heavy atom. The summed E-state index contributed by atoms with van der Waals surface area (Å²) in [4.78, 5) is 14.2. The number of nitrogens with one attached hydrogen (secondary N) is 1. The Morgan fingerprint density at radius 1 is 1.19 bits per heavy atom. The number of ketones is 1. The summed E-state index contributed by atoms with van der Waals surface area (Å²) in [7, 11) is 0. The normalized spacial score (nSPS) is 31.6. The number of fused-ring (bicyclic) bond motifs is 2. The summed E-state index contributed by atoms with van der Waals surface area (Å²) in [6, 6.07) is 11.8. The molecule has 2 bridgehead atoms. The lowest BCUT2D eigenvalue weighted by Gasteiger charge is -2.36. The molecule has 3 nitrogen and oxygen atoms in total. The van der Waals surface area contributed by atoms with E-state index < -0.39 is 0 Å². The molecule has 4 rings (SSSR count). The zero-order chi connectivity index (χ0) is 14.2. The zero-order valence-corrected chi connectivity index (χ0v) is 12.3. The summed E-state index contributed by atoms with van der Waals surface area (Å²) >= 11 is 0. The Bertz CT molecular complexity index is 566. The summed E-state index contributed by atoms with van der Waals surface area (Å²) in [6.07, 6.45) is 6.68. The highest BCUT2D eigenvalue weighted by molar-refractivity contribution is 5.83. The van der Waals surface area contributed by atoms with Gasteiger partial charge in [-0.15, -0.1) is 0 Å². The first-order valence-electron chi connectivity index (χ1n) is 8.06. The van der Waals surface area contributed by atoms with Crippen LogP contribution in [0.5, 0.6) is 0 Å². The summed E-state index contributed by atoms with van der Waals surface area (Å²) in [5.41, 5.74) is 2.70. The molecule has 3 heterocycles. The molecule has 3 atom stereocenters. The molecular formula is C18H22N2O. The second-order valence-electron chi connectivity index (χ2n) is 6.60. The Morgan fingerprint density at radius 3 is 2.76 bits per heavy atom. The fourth-order valence-electron chi connectivity index (χ4n) is 4.20. The van der Waals surface area contributed by atoms with Crippen molar-refractivity contribution in [2.45, 2.75) is 44.3 Å². The van der Waals surface area contributed by atoms with E-state index in [-0.39, 0.29) is 0 Å². The molecule has 2 saturated heterocycles. The maximum atomic E-state index is 11.9. The molecule has 0 spiro atoms. The third kappa shape index (κ3) is 2.51. The molecule has 3 aliphatic heterocycles. The van der Waals surface area contributed by atoms with Gasteiger partial charge in [0.1, 0.15) is 0 Å². The minimum Gasteiger partial charge on any atom is -0.363 e. The molecule has 3 aliphatic rings. The molecule has 2 fully saturated rings. The van der Waals surface area contributed by atoms with E-state index in [4.69, 9.17) is 0 Å². The van der Waals surface area contributed by atoms with Crippen molar-refractivity contribution in [3.63, 3.8) is 0 Å². The van der Waals surface area contributed by atoms with Crippen molar-refractivity contribution in [2.75, 3.05) is 6.54 Å². The minimum absolute atomic E-state index is 0.339. The predicted molar refractivity (Wildman–Crippen MR) is 82.6 cm³/mol. The first-order valence-corrected chi connectivity index (χ1v) is 8.06. The molecule has 1 aromatic carbocycles. The van der Waals surface area contributed by atoms with Crippen LogP contribution in [-0.2, 0) is 11.3 Å². The van der Waals surface area contributed by atoms with Crippen molar-refractivity contribution in [1.29, 1.82) is 0 Å². The summed E-state index contributed by atoms with van der Waals surface area (Å²) in [6.45, 7) is 1.43. The van der Waals surface area contributed by atoms with E-state index in [0.717, 1.165) is 6.54 Å².